The fourth-order valence-corrected chi connectivity index (χ4v) is 2.66. The summed E-state index contributed by atoms with van der Waals surface area (Å²) in [6.07, 6.45) is 0.467. The maximum atomic E-state index is 10.4. The van der Waals surface area contributed by atoms with Crippen LogP contribution in [0.2, 0.25) is 0 Å². The number of hydrogen-bond acceptors (Lipinski definition) is 2. The number of aliphatic hydroxyl groups is 1. The van der Waals surface area contributed by atoms with Crippen LogP contribution < -0.4 is 0 Å². The molecule has 1 N–H and O–H groups in total. The monoisotopic (exact) mass is 272 g/mol. The number of hydrogen-bond donors (Lipinski definition) is 1. The summed E-state index contributed by atoms with van der Waals surface area (Å²) in [6.45, 7) is 10.9. The molecule has 0 saturated carbocycles. The number of aromatic nitrogens is 2. The van der Waals surface area contributed by atoms with E-state index in [4.69, 9.17) is 0 Å². The zero-order chi connectivity index (χ0) is 14.9. The van der Waals surface area contributed by atoms with E-state index in [1.165, 1.54) is 16.7 Å². The Labute approximate surface area is 121 Å². The van der Waals surface area contributed by atoms with E-state index in [1.54, 1.807) is 0 Å². The Hall–Kier alpha value is -1.61. The van der Waals surface area contributed by atoms with Crippen molar-refractivity contribution in [1.29, 1.82) is 0 Å². The van der Waals surface area contributed by atoms with E-state index in [2.05, 4.69) is 44.9 Å². The number of aliphatic hydroxyl groups excluding tert-OH is 1. The summed E-state index contributed by atoms with van der Waals surface area (Å²) in [4.78, 5) is 0. The van der Waals surface area contributed by atoms with Gasteiger partial charge in [0.05, 0.1) is 18.3 Å². The van der Waals surface area contributed by atoms with Gasteiger partial charge in [-0.05, 0) is 56.4 Å². The van der Waals surface area contributed by atoms with Crippen LogP contribution in [0.25, 0.3) is 0 Å². The predicted molar refractivity (Wildman–Crippen MR) is 82.0 cm³/mol. The molecular formula is C17H24N2O. The van der Waals surface area contributed by atoms with Crippen molar-refractivity contribution in [1.82, 2.24) is 9.78 Å². The normalized spacial score (nSPS) is 12.7. The van der Waals surface area contributed by atoms with Crippen LogP contribution in [0.4, 0.5) is 0 Å². The van der Waals surface area contributed by atoms with E-state index in [0.717, 1.165) is 23.4 Å². The Morgan fingerprint density at radius 3 is 2.40 bits per heavy atom. The first-order valence-electron chi connectivity index (χ1n) is 7.22. The molecule has 1 aromatic carbocycles. The second-order valence-electron chi connectivity index (χ2n) is 5.54. The zero-order valence-electron chi connectivity index (χ0n) is 13.1. The van der Waals surface area contributed by atoms with Crippen LogP contribution in [-0.2, 0) is 13.0 Å². The SMILES string of the molecule is CCc1c(C)nn(CC(O)c2ccc(C)c(C)c2)c1C. The minimum absolute atomic E-state index is 0.509. The minimum Gasteiger partial charge on any atom is -0.386 e. The van der Waals surface area contributed by atoms with E-state index < -0.39 is 6.10 Å². The molecule has 0 saturated heterocycles. The molecule has 1 unspecified atom stereocenters. The molecule has 3 nitrogen and oxygen atoms in total. The van der Waals surface area contributed by atoms with Crippen LogP contribution in [0.5, 0.6) is 0 Å². The van der Waals surface area contributed by atoms with Crippen LogP contribution >= 0.6 is 0 Å². The van der Waals surface area contributed by atoms with Crippen LogP contribution in [0, 0.1) is 27.7 Å². The van der Waals surface area contributed by atoms with Gasteiger partial charge >= 0.3 is 0 Å². The van der Waals surface area contributed by atoms with Gasteiger partial charge in [0.25, 0.3) is 0 Å². The van der Waals surface area contributed by atoms with Gasteiger partial charge in [-0.2, -0.15) is 5.10 Å². The van der Waals surface area contributed by atoms with E-state index in [9.17, 15) is 5.11 Å². The number of nitrogens with zero attached hydrogens (tertiary/aromatic N) is 2. The summed E-state index contributed by atoms with van der Waals surface area (Å²) in [5.41, 5.74) is 6.94. The molecule has 0 fully saturated rings. The summed E-state index contributed by atoms with van der Waals surface area (Å²) in [5.74, 6) is 0. The molecular weight excluding hydrogens is 248 g/mol. The lowest BCUT2D eigenvalue weighted by Crippen LogP contribution is -2.12. The maximum Gasteiger partial charge on any atom is 0.0986 e. The van der Waals surface area contributed by atoms with Crippen LogP contribution in [-0.4, -0.2) is 14.9 Å². The molecule has 0 amide bonds. The van der Waals surface area contributed by atoms with Gasteiger partial charge in [0.15, 0.2) is 0 Å². The number of benzene rings is 1. The maximum absolute atomic E-state index is 10.4. The minimum atomic E-state index is -0.517. The van der Waals surface area contributed by atoms with E-state index >= 15 is 0 Å². The molecule has 0 radical (unpaired) electrons. The summed E-state index contributed by atoms with van der Waals surface area (Å²) >= 11 is 0. The second kappa shape index (κ2) is 5.80. The van der Waals surface area contributed by atoms with Gasteiger partial charge in [0.1, 0.15) is 0 Å². The molecule has 20 heavy (non-hydrogen) atoms. The molecule has 0 spiro atoms. The average Bonchev–Trinajstić information content (AvgIpc) is 2.67. The van der Waals surface area contributed by atoms with E-state index in [0.29, 0.717) is 6.54 Å². The quantitative estimate of drug-likeness (QED) is 0.926. The highest BCUT2D eigenvalue weighted by Crippen LogP contribution is 2.21. The molecule has 108 valence electrons. The average molecular weight is 272 g/mol. The Bertz CT molecular complexity index is 614. The standard InChI is InChI=1S/C17H24N2O/c1-6-16-13(4)18-19(14(16)5)10-17(20)15-8-7-11(2)12(3)9-15/h7-9,17,20H,6,10H2,1-5H3. The van der Waals surface area contributed by atoms with Crippen LogP contribution in [0.15, 0.2) is 18.2 Å². The zero-order valence-corrected chi connectivity index (χ0v) is 13.1. The van der Waals surface area contributed by atoms with Crippen molar-refractivity contribution in [2.75, 3.05) is 0 Å². The van der Waals surface area contributed by atoms with Gasteiger partial charge in [-0.3, -0.25) is 4.68 Å². The molecule has 0 aliphatic rings. The van der Waals surface area contributed by atoms with Gasteiger partial charge in [-0.1, -0.05) is 25.1 Å². The molecule has 0 aliphatic carbocycles. The van der Waals surface area contributed by atoms with Crippen molar-refractivity contribution in [3.8, 4) is 0 Å². The van der Waals surface area contributed by atoms with Gasteiger partial charge in [0.2, 0.25) is 0 Å². The Balaban J connectivity index is 2.23. The van der Waals surface area contributed by atoms with Crippen molar-refractivity contribution in [3.63, 3.8) is 0 Å². The molecule has 3 heteroatoms. The smallest absolute Gasteiger partial charge is 0.0986 e. The number of rotatable bonds is 4. The van der Waals surface area contributed by atoms with Gasteiger partial charge < -0.3 is 5.11 Å². The van der Waals surface area contributed by atoms with E-state index in [-0.39, 0.29) is 0 Å². The lowest BCUT2D eigenvalue weighted by atomic mass is 10.0. The van der Waals surface area contributed by atoms with Crippen LogP contribution in [0.1, 0.15) is 46.7 Å². The van der Waals surface area contributed by atoms with Crippen LogP contribution in [0.3, 0.4) is 0 Å². The molecule has 2 rings (SSSR count). The largest absolute Gasteiger partial charge is 0.386 e. The lowest BCUT2D eigenvalue weighted by molar-refractivity contribution is 0.150. The third-order valence-electron chi connectivity index (χ3n) is 4.15. The van der Waals surface area contributed by atoms with Gasteiger partial charge in [-0.25, -0.2) is 0 Å². The summed E-state index contributed by atoms with van der Waals surface area (Å²) in [6, 6.07) is 6.12. The van der Waals surface area contributed by atoms with Crippen molar-refractivity contribution in [2.24, 2.45) is 0 Å². The van der Waals surface area contributed by atoms with Crippen molar-refractivity contribution in [2.45, 2.75) is 53.7 Å². The lowest BCUT2D eigenvalue weighted by Gasteiger charge is -2.14. The summed E-state index contributed by atoms with van der Waals surface area (Å²) in [7, 11) is 0. The fraction of sp³-hybridized carbons (Fsp3) is 0.471. The Morgan fingerprint density at radius 2 is 1.85 bits per heavy atom. The number of aryl methyl sites for hydroxylation is 3. The second-order valence-corrected chi connectivity index (χ2v) is 5.54. The molecule has 1 heterocycles. The fourth-order valence-electron chi connectivity index (χ4n) is 2.66. The highest BCUT2D eigenvalue weighted by molar-refractivity contribution is 5.31. The van der Waals surface area contributed by atoms with Gasteiger partial charge in [0, 0.05) is 5.69 Å². The molecule has 0 bridgehead atoms. The predicted octanol–water partition coefficient (Wildman–Crippen LogP) is 3.41. The highest BCUT2D eigenvalue weighted by atomic mass is 16.3. The third kappa shape index (κ3) is 2.78. The topological polar surface area (TPSA) is 38.0 Å². The van der Waals surface area contributed by atoms with Crippen molar-refractivity contribution < 1.29 is 5.11 Å². The van der Waals surface area contributed by atoms with Crippen molar-refractivity contribution >= 4 is 0 Å². The molecule has 1 atom stereocenters. The molecule has 1 aromatic heterocycles. The molecule has 0 aliphatic heterocycles. The molecule has 2 aromatic rings. The summed E-state index contributed by atoms with van der Waals surface area (Å²) < 4.78 is 1.92. The Kier molecular flexibility index (Phi) is 4.29. The first kappa shape index (κ1) is 14.8. The third-order valence-corrected chi connectivity index (χ3v) is 4.15. The van der Waals surface area contributed by atoms with Gasteiger partial charge in [-0.15, -0.1) is 0 Å². The first-order chi connectivity index (χ1) is 9.43. The summed E-state index contributed by atoms with van der Waals surface area (Å²) in [5, 5.41) is 15.0. The highest BCUT2D eigenvalue weighted by Gasteiger charge is 2.14. The Morgan fingerprint density at radius 1 is 1.15 bits per heavy atom. The van der Waals surface area contributed by atoms with E-state index in [1.807, 2.05) is 17.7 Å². The van der Waals surface area contributed by atoms with Crippen molar-refractivity contribution in [3.05, 3.63) is 51.8 Å². The first-order valence-corrected chi connectivity index (χ1v) is 7.22.